The highest BCUT2D eigenvalue weighted by atomic mass is 79.9. The van der Waals surface area contributed by atoms with Crippen molar-refractivity contribution in [3.63, 3.8) is 0 Å². The van der Waals surface area contributed by atoms with Gasteiger partial charge in [-0.1, -0.05) is 23.7 Å². The maximum atomic E-state index is 11.2. The third-order valence-electron chi connectivity index (χ3n) is 1.79. The van der Waals surface area contributed by atoms with Gasteiger partial charge in [0.15, 0.2) is 0 Å². The number of benzene rings is 1. The molecule has 5 heteroatoms. The van der Waals surface area contributed by atoms with Crippen LogP contribution in [-0.4, -0.2) is 9.78 Å². The van der Waals surface area contributed by atoms with Gasteiger partial charge in [-0.25, -0.2) is 0 Å². The zero-order chi connectivity index (χ0) is 10.1. The van der Waals surface area contributed by atoms with Gasteiger partial charge in [-0.05, 0) is 28.1 Å². The molecule has 1 aromatic heterocycles. The van der Waals surface area contributed by atoms with Crippen LogP contribution in [-0.2, 0) is 0 Å². The van der Waals surface area contributed by atoms with E-state index in [9.17, 15) is 4.79 Å². The van der Waals surface area contributed by atoms with Crippen LogP contribution in [0.3, 0.4) is 0 Å². The minimum atomic E-state index is -0.176. The lowest BCUT2D eigenvalue weighted by atomic mass is 10.3. The lowest BCUT2D eigenvalue weighted by Gasteiger charge is -2.03. The zero-order valence-corrected chi connectivity index (χ0v) is 9.34. The zero-order valence-electron chi connectivity index (χ0n) is 7.00. The highest BCUT2D eigenvalue weighted by molar-refractivity contribution is 9.10. The van der Waals surface area contributed by atoms with E-state index in [0.29, 0.717) is 9.50 Å². The molecule has 0 atom stereocenters. The Morgan fingerprint density at radius 3 is 2.64 bits per heavy atom. The van der Waals surface area contributed by atoms with Crippen molar-refractivity contribution >= 4 is 27.5 Å². The Hall–Kier alpha value is -1.000. The average molecular weight is 274 g/mol. The van der Waals surface area contributed by atoms with E-state index in [0.717, 1.165) is 5.69 Å². The fraction of sp³-hybridized carbons (Fsp3) is 0. The van der Waals surface area contributed by atoms with Crippen molar-refractivity contribution < 1.29 is 0 Å². The van der Waals surface area contributed by atoms with E-state index in [-0.39, 0.29) is 5.56 Å². The molecule has 0 saturated heterocycles. The van der Waals surface area contributed by atoms with E-state index < -0.39 is 0 Å². The summed E-state index contributed by atoms with van der Waals surface area (Å²) >= 11 is 9.09. The summed E-state index contributed by atoms with van der Waals surface area (Å²) in [7, 11) is 0. The van der Waals surface area contributed by atoms with E-state index in [4.69, 9.17) is 11.6 Å². The summed E-state index contributed by atoms with van der Waals surface area (Å²) in [6.07, 6.45) is 1.64. The van der Waals surface area contributed by atoms with Crippen LogP contribution in [0.1, 0.15) is 0 Å². The van der Waals surface area contributed by atoms with Crippen LogP contribution < -0.4 is 5.56 Å². The van der Waals surface area contributed by atoms with Gasteiger partial charge in [-0.3, -0.25) is 14.6 Å². The maximum absolute atomic E-state index is 11.2. The number of hydrogen-bond donors (Lipinski definition) is 1. The summed E-state index contributed by atoms with van der Waals surface area (Å²) in [4.78, 5) is 11.2. The quantitative estimate of drug-likeness (QED) is 0.852. The van der Waals surface area contributed by atoms with E-state index in [1.54, 1.807) is 16.9 Å². The van der Waals surface area contributed by atoms with Crippen molar-refractivity contribution in [2.45, 2.75) is 0 Å². The van der Waals surface area contributed by atoms with E-state index >= 15 is 0 Å². The summed E-state index contributed by atoms with van der Waals surface area (Å²) in [5.41, 5.74) is 0.571. The van der Waals surface area contributed by atoms with Crippen LogP contribution >= 0.6 is 27.5 Å². The normalized spacial score (nSPS) is 10.4. The van der Waals surface area contributed by atoms with Gasteiger partial charge in [0.1, 0.15) is 4.47 Å². The SMILES string of the molecule is O=c1[nH]n(-c2ccccc2Cl)cc1Br. The van der Waals surface area contributed by atoms with Gasteiger partial charge in [-0.15, -0.1) is 0 Å². The molecule has 3 nitrogen and oxygen atoms in total. The number of rotatable bonds is 1. The molecular formula is C9H6BrClN2O. The molecule has 2 aromatic rings. The molecule has 0 aliphatic rings. The second-order valence-corrected chi connectivity index (χ2v) is 4.00. The summed E-state index contributed by atoms with van der Waals surface area (Å²) in [6, 6.07) is 7.28. The van der Waals surface area contributed by atoms with E-state index in [1.165, 1.54) is 0 Å². The van der Waals surface area contributed by atoms with Crippen LogP contribution in [0.15, 0.2) is 39.7 Å². The first-order valence-electron chi connectivity index (χ1n) is 3.90. The number of para-hydroxylation sites is 1. The van der Waals surface area contributed by atoms with Crippen molar-refractivity contribution in [3.8, 4) is 5.69 Å². The summed E-state index contributed by atoms with van der Waals surface area (Å²) < 4.78 is 2.06. The Balaban J connectivity index is 2.60. The van der Waals surface area contributed by atoms with Crippen LogP contribution in [0.4, 0.5) is 0 Å². The first kappa shape index (κ1) is 9.55. The fourth-order valence-corrected chi connectivity index (χ4v) is 1.66. The summed E-state index contributed by atoms with van der Waals surface area (Å²) in [5.74, 6) is 0. The van der Waals surface area contributed by atoms with Gasteiger partial charge in [0.05, 0.1) is 10.7 Å². The number of halogens is 2. The molecule has 1 heterocycles. The van der Waals surface area contributed by atoms with Crippen molar-refractivity contribution in [2.24, 2.45) is 0 Å². The number of nitrogens with zero attached hydrogens (tertiary/aromatic N) is 1. The highest BCUT2D eigenvalue weighted by Gasteiger charge is 2.04. The molecule has 0 aliphatic heterocycles. The third kappa shape index (κ3) is 1.63. The molecule has 1 N–H and O–H groups in total. The molecule has 0 bridgehead atoms. The van der Waals surface area contributed by atoms with Crippen molar-refractivity contribution in [1.82, 2.24) is 9.78 Å². The van der Waals surface area contributed by atoms with Gasteiger partial charge in [0.2, 0.25) is 0 Å². The van der Waals surface area contributed by atoms with E-state index in [2.05, 4.69) is 21.0 Å². The Labute approximate surface area is 93.4 Å². The van der Waals surface area contributed by atoms with Gasteiger partial charge < -0.3 is 0 Å². The molecule has 0 saturated carbocycles. The molecular weight excluding hydrogens is 267 g/mol. The van der Waals surface area contributed by atoms with Crippen LogP contribution in [0.25, 0.3) is 5.69 Å². The summed E-state index contributed by atoms with van der Waals surface area (Å²) in [6.45, 7) is 0. The smallest absolute Gasteiger partial charge is 0.267 e. The van der Waals surface area contributed by atoms with Gasteiger partial charge in [0, 0.05) is 6.20 Å². The number of nitrogens with one attached hydrogen (secondary N) is 1. The van der Waals surface area contributed by atoms with Crippen LogP contribution in [0, 0.1) is 0 Å². The van der Waals surface area contributed by atoms with Crippen molar-refractivity contribution in [2.75, 3.05) is 0 Å². The first-order chi connectivity index (χ1) is 6.68. The molecule has 0 radical (unpaired) electrons. The maximum Gasteiger partial charge on any atom is 0.278 e. The number of aromatic nitrogens is 2. The number of aromatic amines is 1. The van der Waals surface area contributed by atoms with Gasteiger partial charge in [-0.2, -0.15) is 0 Å². The topological polar surface area (TPSA) is 37.8 Å². The molecule has 1 aromatic carbocycles. The molecule has 0 unspecified atom stereocenters. The Morgan fingerprint density at radius 1 is 1.36 bits per heavy atom. The number of H-pyrrole nitrogens is 1. The van der Waals surface area contributed by atoms with Crippen LogP contribution in [0.5, 0.6) is 0 Å². The van der Waals surface area contributed by atoms with Crippen LogP contribution in [0.2, 0.25) is 5.02 Å². The minimum absolute atomic E-state index is 0.176. The lowest BCUT2D eigenvalue weighted by molar-refractivity contribution is 0.864. The van der Waals surface area contributed by atoms with Gasteiger partial charge in [0.25, 0.3) is 5.56 Å². The monoisotopic (exact) mass is 272 g/mol. The number of hydrogen-bond acceptors (Lipinski definition) is 1. The third-order valence-corrected chi connectivity index (χ3v) is 2.68. The summed E-state index contributed by atoms with van der Waals surface area (Å²) in [5, 5.41) is 3.22. The molecule has 14 heavy (non-hydrogen) atoms. The predicted molar refractivity (Wildman–Crippen MR) is 59.1 cm³/mol. The molecule has 0 amide bonds. The second kappa shape index (κ2) is 3.63. The largest absolute Gasteiger partial charge is 0.278 e. The Bertz CT molecular complexity index is 518. The highest BCUT2D eigenvalue weighted by Crippen LogP contribution is 2.19. The van der Waals surface area contributed by atoms with Crippen molar-refractivity contribution in [3.05, 3.63) is 50.3 Å². The average Bonchev–Trinajstić information content (AvgIpc) is 2.48. The predicted octanol–water partition coefficient (Wildman–Crippen LogP) is 2.58. The molecule has 0 aliphatic carbocycles. The van der Waals surface area contributed by atoms with Crippen molar-refractivity contribution in [1.29, 1.82) is 0 Å². The Kier molecular flexibility index (Phi) is 2.48. The minimum Gasteiger partial charge on any atom is -0.267 e. The molecule has 2 rings (SSSR count). The molecule has 0 fully saturated rings. The standard InChI is InChI=1S/C9H6BrClN2O/c10-6-5-13(12-9(6)14)8-4-2-1-3-7(8)11/h1-5H,(H,12,14). The first-order valence-corrected chi connectivity index (χ1v) is 5.07. The molecule has 0 spiro atoms. The van der Waals surface area contributed by atoms with E-state index in [1.807, 2.05) is 18.2 Å². The van der Waals surface area contributed by atoms with Gasteiger partial charge >= 0.3 is 0 Å². The Morgan fingerprint density at radius 2 is 2.07 bits per heavy atom. The molecule has 72 valence electrons. The lowest BCUT2D eigenvalue weighted by Crippen LogP contribution is -2.04. The second-order valence-electron chi connectivity index (χ2n) is 2.74. The fourth-order valence-electron chi connectivity index (χ4n) is 1.14.